The molecule has 0 aromatic carbocycles. The van der Waals surface area contributed by atoms with E-state index in [2.05, 4.69) is 9.71 Å². The van der Waals surface area contributed by atoms with Crippen LogP contribution in [0.3, 0.4) is 0 Å². The fourth-order valence-corrected chi connectivity index (χ4v) is 2.77. The summed E-state index contributed by atoms with van der Waals surface area (Å²) in [5.41, 5.74) is -0.157. The third kappa shape index (κ3) is 3.60. The van der Waals surface area contributed by atoms with Crippen LogP contribution in [0.4, 0.5) is 0 Å². The molecule has 6 nitrogen and oxygen atoms in total. The van der Waals surface area contributed by atoms with Gasteiger partial charge < -0.3 is 0 Å². The third-order valence-electron chi connectivity index (χ3n) is 2.29. The van der Waals surface area contributed by atoms with Gasteiger partial charge in [0, 0.05) is 35.0 Å². The Morgan fingerprint density at radius 3 is 2.83 bits per heavy atom. The van der Waals surface area contributed by atoms with Gasteiger partial charge in [0.25, 0.3) is 0 Å². The zero-order valence-electron chi connectivity index (χ0n) is 9.95. The zero-order chi connectivity index (χ0) is 13.8. The van der Waals surface area contributed by atoms with Gasteiger partial charge >= 0.3 is 0 Å². The molecule has 98 valence electrons. The monoisotopic (exact) mass is 287 g/mol. The van der Waals surface area contributed by atoms with E-state index in [4.69, 9.17) is 5.26 Å². The summed E-state index contributed by atoms with van der Waals surface area (Å²) in [5.74, 6) is 0. The van der Waals surface area contributed by atoms with E-state index in [9.17, 15) is 12.6 Å². The number of sulfonamides is 1. The first-order valence-corrected chi connectivity index (χ1v) is 8.16. The number of aromatic nitrogens is 1. The maximum absolute atomic E-state index is 11.9. The minimum absolute atomic E-state index is 0.0468. The molecule has 0 amide bonds. The van der Waals surface area contributed by atoms with Crippen molar-refractivity contribution in [1.82, 2.24) is 9.71 Å². The summed E-state index contributed by atoms with van der Waals surface area (Å²) in [5, 5.41) is 8.49. The van der Waals surface area contributed by atoms with E-state index in [-0.39, 0.29) is 22.4 Å². The highest BCUT2D eigenvalue weighted by atomic mass is 32.2. The highest BCUT2D eigenvalue weighted by Crippen LogP contribution is 2.11. The topological polar surface area (TPSA) is 99.9 Å². The van der Waals surface area contributed by atoms with Crippen molar-refractivity contribution in [1.29, 1.82) is 5.26 Å². The molecule has 0 fully saturated rings. The van der Waals surface area contributed by atoms with Crippen LogP contribution in [0.1, 0.15) is 12.6 Å². The molecule has 18 heavy (non-hydrogen) atoms. The lowest BCUT2D eigenvalue weighted by Gasteiger charge is -2.10. The average Bonchev–Trinajstić information content (AvgIpc) is 2.35. The summed E-state index contributed by atoms with van der Waals surface area (Å²) in [6.45, 7) is 1.72. The van der Waals surface area contributed by atoms with Crippen LogP contribution >= 0.6 is 0 Å². The summed E-state index contributed by atoms with van der Waals surface area (Å²) in [7, 11) is -4.92. The molecule has 0 aliphatic rings. The SMILES string of the molecule is CC(CNS(=O)(=O)c1cccnc1C#N)S(C)=O. The van der Waals surface area contributed by atoms with Crippen LogP contribution in [0.5, 0.6) is 0 Å². The number of hydrogen-bond acceptors (Lipinski definition) is 5. The minimum Gasteiger partial charge on any atom is -0.260 e. The van der Waals surface area contributed by atoms with Gasteiger partial charge in [-0.25, -0.2) is 18.1 Å². The van der Waals surface area contributed by atoms with Crippen LogP contribution in [0, 0.1) is 11.3 Å². The van der Waals surface area contributed by atoms with E-state index in [0.717, 1.165) is 0 Å². The number of nitrogens with zero attached hydrogens (tertiary/aromatic N) is 2. The second kappa shape index (κ2) is 6.04. The largest absolute Gasteiger partial charge is 0.260 e. The molecular formula is C10H13N3O3S2. The molecule has 0 aliphatic heterocycles. The van der Waals surface area contributed by atoms with Gasteiger partial charge in [-0.05, 0) is 19.1 Å². The Hall–Kier alpha value is -1.30. The van der Waals surface area contributed by atoms with Gasteiger partial charge in [-0.1, -0.05) is 0 Å². The molecule has 1 rings (SSSR count). The molecule has 2 unspecified atom stereocenters. The van der Waals surface area contributed by atoms with E-state index in [1.54, 1.807) is 13.0 Å². The molecule has 1 heterocycles. The maximum Gasteiger partial charge on any atom is 0.243 e. The molecule has 0 saturated heterocycles. The molecule has 0 bridgehead atoms. The van der Waals surface area contributed by atoms with Crippen molar-refractivity contribution in [2.24, 2.45) is 0 Å². The smallest absolute Gasteiger partial charge is 0.243 e. The van der Waals surface area contributed by atoms with Crippen molar-refractivity contribution in [2.75, 3.05) is 12.8 Å². The number of nitrogens with one attached hydrogen (secondary N) is 1. The Balaban J connectivity index is 2.94. The van der Waals surface area contributed by atoms with Crippen molar-refractivity contribution < 1.29 is 12.6 Å². The van der Waals surface area contributed by atoms with E-state index in [1.165, 1.54) is 24.6 Å². The fraction of sp³-hybridized carbons (Fsp3) is 0.400. The Morgan fingerprint density at radius 1 is 1.61 bits per heavy atom. The van der Waals surface area contributed by atoms with Gasteiger partial charge in [0.15, 0.2) is 5.69 Å². The number of rotatable bonds is 5. The summed E-state index contributed by atoms with van der Waals surface area (Å²) in [6, 6.07) is 4.47. The molecule has 2 atom stereocenters. The zero-order valence-corrected chi connectivity index (χ0v) is 11.6. The Morgan fingerprint density at radius 2 is 2.28 bits per heavy atom. The first-order chi connectivity index (χ1) is 8.38. The van der Waals surface area contributed by atoms with Crippen LogP contribution in [0.2, 0.25) is 0 Å². The van der Waals surface area contributed by atoms with Crippen LogP contribution < -0.4 is 4.72 Å². The van der Waals surface area contributed by atoms with Crippen LogP contribution in [0.15, 0.2) is 23.2 Å². The van der Waals surface area contributed by atoms with Crippen molar-refractivity contribution in [3.8, 4) is 6.07 Å². The second-order valence-electron chi connectivity index (χ2n) is 3.62. The van der Waals surface area contributed by atoms with Crippen LogP contribution in [-0.2, 0) is 20.8 Å². The first kappa shape index (κ1) is 14.8. The number of hydrogen-bond donors (Lipinski definition) is 1. The summed E-state index contributed by atoms with van der Waals surface area (Å²) < 4.78 is 37.3. The van der Waals surface area contributed by atoms with Crippen molar-refractivity contribution in [3.63, 3.8) is 0 Å². The van der Waals surface area contributed by atoms with E-state index in [0.29, 0.717) is 0 Å². The van der Waals surface area contributed by atoms with Gasteiger partial charge in [0.1, 0.15) is 11.0 Å². The number of nitriles is 1. The molecule has 0 aliphatic carbocycles. The quantitative estimate of drug-likeness (QED) is 0.821. The van der Waals surface area contributed by atoms with Crippen molar-refractivity contribution >= 4 is 20.8 Å². The van der Waals surface area contributed by atoms with Gasteiger partial charge in [-0.3, -0.25) is 4.21 Å². The lowest BCUT2D eigenvalue weighted by Crippen LogP contribution is -2.33. The van der Waals surface area contributed by atoms with Gasteiger partial charge in [-0.2, -0.15) is 5.26 Å². The second-order valence-corrected chi connectivity index (χ2v) is 7.16. The van der Waals surface area contributed by atoms with E-state index in [1.807, 2.05) is 0 Å². The van der Waals surface area contributed by atoms with Gasteiger partial charge in [0.2, 0.25) is 10.0 Å². The molecule has 0 saturated carbocycles. The van der Waals surface area contributed by atoms with Gasteiger partial charge in [0.05, 0.1) is 0 Å². The molecule has 0 radical (unpaired) electrons. The molecule has 1 N–H and O–H groups in total. The standard InChI is InChI=1S/C10H13N3O3S2/c1-8(17(2)14)7-13-18(15,16)10-4-3-5-12-9(10)6-11/h3-5,8,13H,7H2,1-2H3. The molecule has 1 aromatic heterocycles. The van der Waals surface area contributed by atoms with E-state index < -0.39 is 20.8 Å². The normalized spacial score (nSPS) is 14.7. The first-order valence-electron chi connectivity index (χ1n) is 5.05. The summed E-state index contributed by atoms with van der Waals surface area (Å²) in [4.78, 5) is 3.52. The lowest BCUT2D eigenvalue weighted by molar-refractivity contribution is 0.580. The maximum atomic E-state index is 11.9. The molecule has 0 spiro atoms. The minimum atomic E-state index is -3.80. The highest BCUT2D eigenvalue weighted by Gasteiger charge is 2.20. The number of pyridine rings is 1. The Labute approximate surface area is 109 Å². The Bertz CT molecular complexity index is 593. The molecule has 1 aromatic rings. The highest BCUT2D eigenvalue weighted by molar-refractivity contribution is 7.89. The Kier molecular flexibility index (Phi) is 4.95. The van der Waals surface area contributed by atoms with Crippen LogP contribution in [0.25, 0.3) is 0 Å². The molecule has 8 heteroatoms. The summed E-state index contributed by atoms with van der Waals surface area (Å²) in [6.07, 6.45) is 2.85. The van der Waals surface area contributed by atoms with Crippen molar-refractivity contribution in [3.05, 3.63) is 24.0 Å². The van der Waals surface area contributed by atoms with Crippen molar-refractivity contribution in [2.45, 2.75) is 17.1 Å². The van der Waals surface area contributed by atoms with Crippen LogP contribution in [-0.4, -0.2) is 35.7 Å². The third-order valence-corrected chi connectivity index (χ3v) is 5.05. The van der Waals surface area contributed by atoms with E-state index >= 15 is 0 Å². The fourth-order valence-electron chi connectivity index (χ4n) is 1.11. The van der Waals surface area contributed by atoms with Gasteiger partial charge in [-0.15, -0.1) is 0 Å². The lowest BCUT2D eigenvalue weighted by atomic mass is 10.4. The molecular weight excluding hydrogens is 274 g/mol. The predicted octanol–water partition coefficient (Wildman–Crippen LogP) is -0.00142. The average molecular weight is 287 g/mol. The summed E-state index contributed by atoms with van der Waals surface area (Å²) >= 11 is 0. The predicted molar refractivity (Wildman–Crippen MR) is 67.7 cm³/mol.